The van der Waals surface area contributed by atoms with E-state index in [1.165, 1.54) is 15.3 Å². The molecule has 19 heavy (non-hydrogen) atoms. The summed E-state index contributed by atoms with van der Waals surface area (Å²) in [4.78, 5) is 17.0. The molecule has 1 amide bonds. The Hall–Kier alpha value is -0.870. The van der Waals surface area contributed by atoms with E-state index in [-0.39, 0.29) is 0 Å². The summed E-state index contributed by atoms with van der Waals surface area (Å²) in [5.41, 5.74) is 1.42. The molecule has 1 N–H and O–H groups in total. The standard InChI is InChI=1S/C15H24N2OS/c1-11-10-16-7-8-17(11)15(18)6-4-5-14-9-12(2)19-13(14)3/h9,11,16H,4-8,10H2,1-3H3. The number of carbonyl (C=O) groups is 1. The van der Waals surface area contributed by atoms with Crippen molar-refractivity contribution in [1.29, 1.82) is 0 Å². The van der Waals surface area contributed by atoms with E-state index in [4.69, 9.17) is 0 Å². The van der Waals surface area contributed by atoms with Crippen LogP contribution in [0.2, 0.25) is 0 Å². The molecule has 1 fully saturated rings. The average molecular weight is 280 g/mol. The average Bonchev–Trinajstić information content (AvgIpc) is 2.68. The van der Waals surface area contributed by atoms with Crippen molar-refractivity contribution in [2.45, 2.75) is 46.1 Å². The summed E-state index contributed by atoms with van der Waals surface area (Å²) in [6.45, 7) is 9.16. The van der Waals surface area contributed by atoms with Gasteiger partial charge in [0.25, 0.3) is 0 Å². The van der Waals surface area contributed by atoms with Gasteiger partial charge in [-0.2, -0.15) is 0 Å². The van der Waals surface area contributed by atoms with Crippen molar-refractivity contribution < 1.29 is 4.79 Å². The first-order valence-electron chi connectivity index (χ1n) is 7.14. The fourth-order valence-electron chi connectivity index (χ4n) is 2.72. The van der Waals surface area contributed by atoms with Gasteiger partial charge in [0.2, 0.25) is 5.91 Å². The lowest BCUT2D eigenvalue weighted by Gasteiger charge is -2.34. The van der Waals surface area contributed by atoms with Crippen LogP contribution >= 0.6 is 11.3 Å². The molecule has 0 spiro atoms. The number of amides is 1. The molecular weight excluding hydrogens is 256 g/mol. The first-order valence-corrected chi connectivity index (χ1v) is 7.95. The molecule has 1 aromatic rings. The molecule has 0 aliphatic carbocycles. The van der Waals surface area contributed by atoms with Crippen LogP contribution in [0, 0.1) is 13.8 Å². The van der Waals surface area contributed by atoms with E-state index in [1.54, 1.807) is 0 Å². The molecule has 1 atom stereocenters. The molecule has 1 aromatic heterocycles. The lowest BCUT2D eigenvalue weighted by atomic mass is 10.1. The number of piperazine rings is 1. The Kier molecular flexibility index (Phi) is 4.99. The molecule has 1 aliphatic heterocycles. The zero-order chi connectivity index (χ0) is 13.8. The van der Waals surface area contributed by atoms with Gasteiger partial charge >= 0.3 is 0 Å². The Morgan fingerprint density at radius 3 is 2.95 bits per heavy atom. The van der Waals surface area contributed by atoms with Gasteiger partial charge in [0.15, 0.2) is 0 Å². The third-order valence-corrected chi connectivity index (χ3v) is 4.81. The molecule has 2 rings (SSSR count). The molecule has 0 aromatic carbocycles. The Labute approximate surface area is 120 Å². The molecular formula is C15H24N2OS. The molecule has 4 heteroatoms. The summed E-state index contributed by atoms with van der Waals surface area (Å²) < 4.78 is 0. The van der Waals surface area contributed by atoms with Crippen molar-refractivity contribution in [1.82, 2.24) is 10.2 Å². The smallest absolute Gasteiger partial charge is 0.222 e. The summed E-state index contributed by atoms with van der Waals surface area (Å²) in [5, 5.41) is 3.32. The maximum Gasteiger partial charge on any atom is 0.222 e. The maximum atomic E-state index is 12.2. The van der Waals surface area contributed by atoms with E-state index >= 15 is 0 Å². The topological polar surface area (TPSA) is 32.3 Å². The summed E-state index contributed by atoms with van der Waals surface area (Å²) >= 11 is 1.85. The van der Waals surface area contributed by atoms with E-state index in [1.807, 2.05) is 16.2 Å². The highest BCUT2D eigenvalue weighted by Crippen LogP contribution is 2.22. The van der Waals surface area contributed by atoms with Crippen LogP contribution in [0.3, 0.4) is 0 Å². The Bertz CT molecular complexity index is 441. The van der Waals surface area contributed by atoms with E-state index < -0.39 is 0 Å². The van der Waals surface area contributed by atoms with Crippen LogP contribution in [0.25, 0.3) is 0 Å². The van der Waals surface area contributed by atoms with Gasteiger partial charge < -0.3 is 10.2 Å². The van der Waals surface area contributed by atoms with E-state index in [9.17, 15) is 4.79 Å². The third-order valence-electron chi connectivity index (χ3n) is 3.80. The Balaban J connectivity index is 1.79. The van der Waals surface area contributed by atoms with E-state index in [0.29, 0.717) is 18.4 Å². The first-order chi connectivity index (χ1) is 9.08. The van der Waals surface area contributed by atoms with Gasteiger partial charge in [-0.15, -0.1) is 11.3 Å². The van der Waals surface area contributed by atoms with Crippen molar-refractivity contribution in [2.75, 3.05) is 19.6 Å². The lowest BCUT2D eigenvalue weighted by Crippen LogP contribution is -2.52. The highest BCUT2D eigenvalue weighted by atomic mass is 32.1. The van der Waals surface area contributed by atoms with Crippen LogP contribution in [0.1, 0.15) is 35.1 Å². The van der Waals surface area contributed by atoms with Gasteiger partial charge in [-0.05, 0) is 45.2 Å². The molecule has 0 bridgehead atoms. The predicted molar refractivity (Wildman–Crippen MR) is 80.8 cm³/mol. The van der Waals surface area contributed by atoms with Gasteiger partial charge in [-0.25, -0.2) is 0 Å². The zero-order valence-electron chi connectivity index (χ0n) is 12.2. The summed E-state index contributed by atoms with van der Waals surface area (Å²) in [7, 11) is 0. The van der Waals surface area contributed by atoms with Crippen molar-refractivity contribution in [3.8, 4) is 0 Å². The van der Waals surface area contributed by atoms with Crippen LogP contribution in [0.4, 0.5) is 0 Å². The zero-order valence-corrected chi connectivity index (χ0v) is 13.0. The highest BCUT2D eigenvalue weighted by molar-refractivity contribution is 7.12. The fraction of sp³-hybridized carbons (Fsp3) is 0.667. The molecule has 1 aliphatic rings. The quantitative estimate of drug-likeness (QED) is 0.919. The number of rotatable bonds is 4. The predicted octanol–water partition coefficient (Wildman–Crippen LogP) is 2.51. The monoisotopic (exact) mass is 280 g/mol. The second-order valence-corrected chi connectivity index (χ2v) is 6.89. The maximum absolute atomic E-state index is 12.2. The van der Waals surface area contributed by atoms with Gasteiger partial charge in [-0.1, -0.05) is 0 Å². The Morgan fingerprint density at radius 2 is 2.32 bits per heavy atom. The second-order valence-electron chi connectivity index (χ2n) is 5.43. The second kappa shape index (κ2) is 6.53. The number of carbonyl (C=O) groups excluding carboxylic acids is 1. The molecule has 2 heterocycles. The minimum absolute atomic E-state index is 0.318. The number of nitrogens with zero attached hydrogens (tertiary/aromatic N) is 1. The largest absolute Gasteiger partial charge is 0.337 e. The lowest BCUT2D eigenvalue weighted by molar-refractivity contribution is -0.134. The molecule has 1 unspecified atom stereocenters. The normalized spacial score (nSPS) is 19.7. The molecule has 3 nitrogen and oxygen atoms in total. The number of aryl methyl sites for hydroxylation is 3. The molecule has 1 saturated heterocycles. The third kappa shape index (κ3) is 3.80. The Morgan fingerprint density at radius 1 is 1.53 bits per heavy atom. The molecule has 0 saturated carbocycles. The van der Waals surface area contributed by atoms with Gasteiger partial charge in [-0.3, -0.25) is 4.79 Å². The number of nitrogens with one attached hydrogen (secondary N) is 1. The van der Waals surface area contributed by atoms with E-state index in [0.717, 1.165) is 32.5 Å². The summed E-state index contributed by atoms with van der Waals surface area (Å²) in [6, 6.07) is 2.60. The van der Waals surface area contributed by atoms with Crippen LogP contribution in [0.15, 0.2) is 6.07 Å². The van der Waals surface area contributed by atoms with Crippen LogP contribution in [-0.4, -0.2) is 36.5 Å². The van der Waals surface area contributed by atoms with Crippen LogP contribution in [0.5, 0.6) is 0 Å². The SMILES string of the molecule is Cc1cc(CCCC(=O)N2CCNCC2C)c(C)s1. The number of thiophene rings is 1. The summed E-state index contributed by atoms with van der Waals surface area (Å²) in [5.74, 6) is 0.318. The molecule has 0 radical (unpaired) electrons. The fourth-order valence-corrected chi connectivity index (χ4v) is 3.69. The van der Waals surface area contributed by atoms with Gasteiger partial charge in [0.1, 0.15) is 0 Å². The highest BCUT2D eigenvalue weighted by Gasteiger charge is 2.22. The minimum atomic E-state index is 0.318. The summed E-state index contributed by atoms with van der Waals surface area (Å²) in [6.07, 6.45) is 2.67. The first kappa shape index (κ1) is 14.5. The van der Waals surface area contributed by atoms with Crippen molar-refractivity contribution >= 4 is 17.2 Å². The van der Waals surface area contributed by atoms with E-state index in [2.05, 4.69) is 32.2 Å². The number of hydrogen-bond acceptors (Lipinski definition) is 3. The van der Waals surface area contributed by atoms with Gasteiger partial charge in [0.05, 0.1) is 0 Å². The van der Waals surface area contributed by atoms with Crippen molar-refractivity contribution in [2.24, 2.45) is 0 Å². The minimum Gasteiger partial charge on any atom is -0.337 e. The number of hydrogen-bond donors (Lipinski definition) is 1. The van der Waals surface area contributed by atoms with Crippen molar-refractivity contribution in [3.63, 3.8) is 0 Å². The van der Waals surface area contributed by atoms with Crippen molar-refractivity contribution in [3.05, 3.63) is 21.4 Å². The van der Waals surface area contributed by atoms with Crippen LogP contribution < -0.4 is 5.32 Å². The van der Waals surface area contributed by atoms with Gasteiger partial charge in [0, 0.05) is 41.9 Å². The van der Waals surface area contributed by atoms with Crippen LogP contribution in [-0.2, 0) is 11.2 Å². The molecule has 106 valence electrons.